The van der Waals surface area contributed by atoms with E-state index in [1.54, 1.807) is 0 Å². The van der Waals surface area contributed by atoms with Crippen molar-refractivity contribution in [1.82, 2.24) is 9.97 Å². The van der Waals surface area contributed by atoms with Crippen LogP contribution in [-0.2, 0) is 4.79 Å². The second-order valence-corrected chi connectivity index (χ2v) is 6.48. The Morgan fingerprint density at radius 1 is 1.25 bits per heavy atom. The van der Waals surface area contributed by atoms with Crippen LogP contribution in [0.15, 0.2) is 42.0 Å². The minimum absolute atomic E-state index is 0.0882. The monoisotopic (exact) mass is 341 g/mol. The number of rotatable bonds is 6. The fraction of sp³-hybridized carbons (Fsp3) is 0.278. The highest BCUT2D eigenvalue weighted by molar-refractivity contribution is 7.16. The van der Waals surface area contributed by atoms with Gasteiger partial charge in [-0.3, -0.25) is 4.79 Å². The molecule has 0 aliphatic carbocycles. The van der Waals surface area contributed by atoms with Crippen LogP contribution in [0.4, 0.5) is 5.69 Å². The standard InChI is InChI=1S/C18H19N3O2S/c1-3-12(2)13-4-6-14(7-5-13)21-16(22)10-23-17-15-8-9-24-18(15)20-11-19-17/h4-9,11-12H,3,10H2,1-2H3,(H,21,22). The SMILES string of the molecule is CCC(C)c1ccc(NC(=O)COc2ncnc3sccc23)cc1. The zero-order valence-electron chi connectivity index (χ0n) is 13.7. The van der Waals surface area contributed by atoms with Gasteiger partial charge in [-0.2, -0.15) is 0 Å². The number of amides is 1. The van der Waals surface area contributed by atoms with Crippen molar-refractivity contribution in [3.8, 4) is 5.88 Å². The molecule has 0 radical (unpaired) electrons. The topological polar surface area (TPSA) is 64.1 Å². The highest BCUT2D eigenvalue weighted by atomic mass is 32.1. The van der Waals surface area contributed by atoms with Gasteiger partial charge in [0.2, 0.25) is 5.88 Å². The molecule has 124 valence electrons. The van der Waals surface area contributed by atoms with Gasteiger partial charge in [-0.05, 0) is 41.5 Å². The molecule has 0 saturated carbocycles. The summed E-state index contributed by atoms with van der Waals surface area (Å²) < 4.78 is 5.53. The molecule has 0 saturated heterocycles. The van der Waals surface area contributed by atoms with Crippen LogP contribution in [0, 0.1) is 0 Å². The molecule has 0 aliphatic heterocycles. The van der Waals surface area contributed by atoms with Crippen LogP contribution in [0.2, 0.25) is 0 Å². The number of benzene rings is 1. The Kier molecular flexibility index (Phi) is 5.05. The fourth-order valence-corrected chi connectivity index (χ4v) is 3.07. The van der Waals surface area contributed by atoms with Crippen molar-refractivity contribution in [2.45, 2.75) is 26.2 Å². The minimum Gasteiger partial charge on any atom is -0.467 e. The lowest BCUT2D eigenvalue weighted by atomic mass is 9.99. The lowest BCUT2D eigenvalue weighted by Crippen LogP contribution is -2.20. The van der Waals surface area contributed by atoms with E-state index in [2.05, 4.69) is 29.1 Å². The smallest absolute Gasteiger partial charge is 0.262 e. The lowest BCUT2D eigenvalue weighted by molar-refractivity contribution is -0.118. The summed E-state index contributed by atoms with van der Waals surface area (Å²) in [7, 11) is 0. The normalized spacial score (nSPS) is 12.1. The minimum atomic E-state index is -0.215. The summed E-state index contributed by atoms with van der Waals surface area (Å²) in [5, 5.41) is 5.58. The molecular weight excluding hydrogens is 322 g/mol. The van der Waals surface area contributed by atoms with Gasteiger partial charge in [0.05, 0.1) is 5.39 Å². The first-order valence-electron chi connectivity index (χ1n) is 7.88. The zero-order valence-corrected chi connectivity index (χ0v) is 14.5. The molecule has 1 N–H and O–H groups in total. The third-order valence-electron chi connectivity index (χ3n) is 3.94. The molecule has 0 bridgehead atoms. The summed E-state index contributed by atoms with van der Waals surface area (Å²) in [6, 6.07) is 9.82. The summed E-state index contributed by atoms with van der Waals surface area (Å²) in [4.78, 5) is 21.2. The molecule has 1 atom stereocenters. The first-order valence-corrected chi connectivity index (χ1v) is 8.76. The van der Waals surface area contributed by atoms with Crippen molar-refractivity contribution in [3.05, 3.63) is 47.6 Å². The summed E-state index contributed by atoms with van der Waals surface area (Å²) in [5.41, 5.74) is 2.03. The van der Waals surface area contributed by atoms with Gasteiger partial charge in [-0.1, -0.05) is 26.0 Å². The largest absolute Gasteiger partial charge is 0.467 e. The van der Waals surface area contributed by atoms with Gasteiger partial charge in [0, 0.05) is 5.69 Å². The zero-order chi connectivity index (χ0) is 16.9. The average Bonchev–Trinajstić information content (AvgIpc) is 3.09. The molecule has 24 heavy (non-hydrogen) atoms. The van der Waals surface area contributed by atoms with Crippen LogP contribution in [0.1, 0.15) is 31.7 Å². The highest BCUT2D eigenvalue weighted by Crippen LogP contribution is 2.25. The van der Waals surface area contributed by atoms with E-state index in [4.69, 9.17) is 4.74 Å². The molecule has 2 aromatic heterocycles. The molecule has 1 unspecified atom stereocenters. The van der Waals surface area contributed by atoms with Crippen molar-refractivity contribution < 1.29 is 9.53 Å². The molecular formula is C18H19N3O2S. The maximum Gasteiger partial charge on any atom is 0.262 e. The van der Waals surface area contributed by atoms with Crippen molar-refractivity contribution in [3.63, 3.8) is 0 Å². The first-order chi connectivity index (χ1) is 11.7. The quantitative estimate of drug-likeness (QED) is 0.729. The molecule has 0 aliphatic rings. The summed E-state index contributed by atoms with van der Waals surface area (Å²) in [6.45, 7) is 4.26. The molecule has 0 fully saturated rings. The van der Waals surface area contributed by atoms with Gasteiger partial charge in [-0.15, -0.1) is 11.3 Å². The van der Waals surface area contributed by atoms with Gasteiger partial charge < -0.3 is 10.1 Å². The number of nitrogens with zero attached hydrogens (tertiary/aromatic N) is 2. The lowest BCUT2D eigenvalue weighted by Gasteiger charge is -2.11. The number of hydrogen-bond acceptors (Lipinski definition) is 5. The molecule has 3 rings (SSSR count). The van der Waals surface area contributed by atoms with E-state index in [1.807, 2.05) is 35.7 Å². The van der Waals surface area contributed by atoms with Crippen LogP contribution in [0.25, 0.3) is 10.2 Å². The molecule has 0 spiro atoms. The highest BCUT2D eigenvalue weighted by Gasteiger charge is 2.09. The molecule has 2 heterocycles. The van der Waals surface area contributed by atoms with Crippen molar-refractivity contribution in [1.29, 1.82) is 0 Å². The Bertz CT molecular complexity index is 830. The number of thiophene rings is 1. The maximum atomic E-state index is 12.1. The van der Waals surface area contributed by atoms with Gasteiger partial charge in [0.15, 0.2) is 6.61 Å². The number of fused-ring (bicyclic) bond motifs is 1. The van der Waals surface area contributed by atoms with E-state index in [0.717, 1.165) is 22.3 Å². The summed E-state index contributed by atoms with van der Waals surface area (Å²) in [5.74, 6) is 0.737. The van der Waals surface area contributed by atoms with Crippen LogP contribution < -0.4 is 10.1 Å². The summed E-state index contributed by atoms with van der Waals surface area (Å²) >= 11 is 1.51. The second kappa shape index (κ2) is 7.40. The summed E-state index contributed by atoms with van der Waals surface area (Å²) in [6.07, 6.45) is 2.54. The Hall–Kier alpha value is -2.47. The number of anilines is 1. The number of nitrogens with one attached hydrogen (secondary N) is 1. The molecule has 5 nitrogen and oxygen atoms in total. The fourth-order valence-electron chi connectivity index (χ4n) is 2.34. The average molecular weight is 341 g/mol. The second-order valence-electron chi connectivity index (χ2n) is 5.59. The van der Waals surface area contributed by atoms with Gasteiger partial charge in [0.1, 0.15) is 11.2 Å². The van der Waals surface area contributed by atoms with Crippen molar-refractivity contribution in [2.24, 2.45) is 0 Å². The van der Waals surface area contributed by atoms with Gasteiger partial charge >= 0.3 is 0 Å². The molecule has 1 aromatic carbocycles. The van der Waals surface area contributed by atoms with Crippen LogP contribution in [0.5, 0.6) is 5.88 Å². The Labute approximate surface area is 144 Å². The van der Waals surface area contributed by atoms with Gasteiger partial charge in [-0.25, -0.2) is 9.97 Å². The van der Waals surface area contributed by atoms with E-state index in [0.29, 0.717) is 11.8 Å². The number of carbonyl (C=O) groups excluding carboxylic acids is 1. The van der Waals surface area contributed by atoms with E-state index in [-0.39, 0.29) is 12.5 Å². The van der Waals surface area contributed by atoms with E-state index < -0.39 is 0 Å². The molecule has 1 amide bonds. The number of carbonyl (C=O) groups is 1. The predicted molar refractivity (Wildman–Crippen MR) is 96.7 cm³/mol. The molecule has 3 aromatic rings. The predicted octanol–water partition coefficient (Wildman–Crippen LogP) is 4.22. The Balaban J connectivity index is 1.59. The third kappa shape index (κ3) is 3.71. The Morgan fingerprint density at radius 3 is 2.79 bits per heavy atom. The first kappa shape index (κ1) is 16.4. The van der Waals surface area contributed by atoms with Crippen LogP contribution >= 0.6 is 11.3 Å². The third-order valence-corrected chi connectivity index (χ3v) is 4.76. The Morgan fingerprint density at radius 2 is 2.04 bits per heavy atom. The van der Waals surface area contributed by atoms with Crippen molar-refractivity contribution >= 4 is 33.1 Å². The van der Waals surface area contributed by atoms with E-state index in [9.17, 15) is 4.79 Å². The van der Waals surface area contributed by atoms with Crippen molar-refractivity contribution in [2.75, 3.05) is 11.9 Å². The number of hydrogen-bond donors (Lipinski definition) is 1. The maximum absolute atomic E-state index is 12.1. The number of aromatic nitrogens is 2. The van der Waals surface area contributed by atoms with Crippen LogP contribution in [-0.4, -0.2) is 22.5 Å². The number of ether oxygens (including phenoxy) is 1. The molecule has 6 heteroatoms. The van der Waals surface area contributed by atoms with Gasteiger partial charge in [0.25, 0.3) is 5.91 Å². The van der Waals surface area contributed by atoms with Crippen LogP contribution in [0.3, 0.4) is 0 Å². The van der Waals surface area contributed by atoms with E-state index in [1.165, 1.54) is 23.2 Å². The van der Waals surface area contributed by atoms with E-state index >= 15 is 0 Å².